The summed E-state index contributed by atoms with van der Waals surface area (Å²) in [5.41, 5.74) is 0.0660. The van der Waals surface area contributed by atoms with E-state index in [9.17, 15) is 9.50 Å². The number of hydrogen-bond acceptors (Lipinski definition) is 3. The van der Waals surface area contributed by atoms with Crippen LogP contribution in [0.1, 0.15) is 32.1 Å². The van der Waals surface area contributed by atoms with Crippen LogP contribution in [-0.4, -0.2) is 29.5 Å². The van der Waals surface area contributed by atoms with E-state index in [4.69, 9.17) is 4.74 Å². The van der Waals surface area contributed by atoms with Crippen LogP contribution in [0.3, 0.4) is 0 Å². The number of fused-ring (bicyclic) bond motifs is 1. The van der Waals surface area contributed by atoms with E-state index in [0.29, 0.717) is 0 Å². The van der Waals surface area contributed by atoms with Crippen molar-refractivity contribution in [1.29, 1.82) is 0 Å². The van der Waals surface area contributed by atoms with Gasteiger partial charge in [0.25, 0.3) is 0 Å². The van der Waals surface area contributed by atoms with Gasteiger partial charge in [-0.2, -0.15) is 0 Å². The van der Waals surface area contributed by atoms with Crippen LogP contribution >= 0.6 is 0 Å². The summed E-state index contributed by atoms with van der Waals surface area (Å²) in [5, 5.41) is 14.3. The fraction of sp³-hybridized carbons (Fsp3) is 0.600. The van der Waals surface area contributed by atoms with Crippen molar-refractivity contribution in [2.45, 2.75) is 49.9 Å². The smallest absolute Gasteiger partial charge is 0.123 e. The quantitative estimate of drug-likeness (QED) is 0.864. The lowest BCUT2D eigenvalue weighted by Gasteiger charge is -2.48. The van der Waals surface area contributed by atoms with Crippen LogP contribution in [0.15, 0.2) is 24.3 Å². The van der Waals surface area contributed by atoms with Gasteiger partial charge in [-0.3, -0.25) is 0 Å². The first-order valence-corrected chi connectivity index (χ1v) is 7.04. The Morgan fingerprint density at radius 3 is 2.79 bits per heavy atom. The first-order valence-electron chi connectivity index (χ1n) is 7.04. The van der Waals surface area contributed by atoms with Crippen LogP contribution in [0, 0.1) is 5.82 Å². The normalized spacial score (nSPS) is 34.6. The molecule has 1 heterocycles. The van der Waals surface area contributed by atoms with E-state index in [-0.39, 0.29) is 18.0 Å². The van der Waals surface area contributed by atoms with Crippen molar-refractivity contribution >= 4 is 5.69 Å². The molecule has 2 aliphatic rings. The molecule has 2 N–H and O–H groups in total. The van der Waals surface area contributed by atoms with Gasteiger partial charge in [0.1, 0.15) is 11.4 Å². The molecule has 1 saturated heterocycles. The molecule has 0 radical (unpaired) electrons. The zero-order valence-electron chi connectivity index (χ0n) is 10.9. The van der Waals surface area contributed by atoms with Crippen LogP contribution in [0.4, 0.5) is 10.1 Å². The molecule has 1 saturated carbocycles. The first-order chi connectivity index (χ1) is 9.18. The molecule has 0 spiro atoms. The lowest BCUT2D eigenvalue weighted by molar-refractivity contribution is -0.168. The lowest BCUT2D eigenvalue weighted by Crippen LogP contribution is -2.60. The summed E-state index contributed by atoms with van der Waals surface area (Å²) in [6.07, 6.45) is 4.51. The van der Waals surface area contributed by atoms with Gasteiger partial charge in [-0.05, 0) is 56.4 Å². The summed E-state index contributed by atoms with van der Waals surface area (Å²) in [4.78, 5) is 0. The molecule has 0 bridgehead atoms. The highest BCUT2D eigenvalue weighted by Gasteiger charge is 2.48. The second-order valence-electron chi connectivity index (χ2n) is 5.59. The van der Waals surface area contributed by atoms with E-state index in [1.165, 1.54) is 12.1 Å². The second-order valence-corrected chi connectivity index (χ2v) is 5.59. The molecular weight excluding hydrogens is 245 g/mol. The number of anilines is 1. The van der Waals surface area contributed by atoms with Crippen molar-refractivity contribution in [3.05, 3.63) is 30.1 Å². The maximum atomic E-state index is 12.9. The molecule has 3 rings (SSSR count). The Morgan fingerprint density at radius 2 is 2.00 bits per heavy atom. The van der Waals surface area contributed by atoms with Crippen LogP contribution in [-0.2, 0) is 4.74 Å². The first kappa shape index (κ1) is 12.9. The highest BCUT2D eigenvalue weighted by molar-refractivity contribution is 5.44. The molecule has 0 amide bonds. The summed E-state index contributed by atoms with van der Waals surface area (Å²) in [5.74, 6) is -0.244. The summed E-state index contributed by atoms with van der Waals surface area (Å²) < 4.78 is 18.6. The second kappa shape index (κ2) is 5.10. The largest absolute Gasteiger partial charge is 0.385 e. The molecular formula is C15H20FNO2. The zero-order chi connectivity index (χ0) is 13.3. The lowest BCUT2D eigenvalue weighted by atomic mass is 9.74. The number of nitrogens with one attached hydrogen (secondary N) is 1. The van der Waals surface area contributed by atoms with Gasteiger partial charge in [0.2, 0.25) is 0 Å². The minimum atomic E-state index is -0.787. The Labute approximate surface area is 112 Å². The van der Waals surface area contributed by atoms with Crippen molar-refractivity contribution in [3.63, 3.8) is 0 Å². The zero-order valence-corrected chi connectivity index (χ0v) is 10.9. The Hall–Kier alpha value is -1.13. The fourth-order valence-corrected chi connectivity index (χ4v) is 3.32. The molecule has 2 fully saturated rings. The predicted octanol–water partition coefficient (Wildman–Crippen LogP) is 2.70. The number of halogens is 1. The van der Waals surface area contributed by atoms with Gasteiger partial charge in [-0.15, -0.1) is 0 Å². The molecule has 1 aromatic carbocycles. The standard InChI is InChI=1S/C15H20FNO2/c16-11-5-7-12(8-6-11)17-13-3-1-4-14-15(13,18)9-2-10-19-14/h5-8,13-14,17-18H,1-4,9-10H2/t13-,14+,15+/m1/s1. The van der Waals surface area contributed by atoms with Crippen LogP contribution in [0.25, 0.3) is 0 Å². The third kappa shape index (κ3) is 2.47. The van der Waals surface area contributed by atoms with Crippen molar-refractivity contribution < 1.29 is 14.2 Å². The predicted molar refractivity (Wildman–Crippen MR) is 71.6 cm³/mol. The van der Waals surface area contributed by atoms with Gasteiger partial charge in [0, 0.05) is 12.3 Å². The number of ether oxygens (including phenoxy) is 1. The number of aliphatic hydroxyl groups is 1. The Bertz CT molecular complexity index is 434. The molecule has 19 heavy (non-hydrogen) atoms. The van der Waals surface area contributed by atoms with E-state index in [2.05, 4.69) is 5.32 Å². The number of benzene rings is 1. The highest BCUT2D eigenvalue weighted by atomic mass is 19.1. The maximum absolute atomic E-state index is 12.9. The summed E-state index contributed by atoms with van der Waals surface area (Å²) >= 11 is 0. The Balaban J connectivity index is 1.77. The van der Waals surface area contributed by atoms with Crippen molar-refractivity contribution in [1.82, 2.24) is 0 Å². The third-order valence-electron chi connectivity index (χ3n) is 4.35. The monoisotopic (exact) mass is 265 g/mol. The van der Waals surface area contributed by atoms with Gasteiger partial charge in [0.15, 0.2) is 0 Å². The maximum Gasteiger partial charge on any atom is 0.123 e. The van der Waals surface area contributed by atoms with E-state index < -0.39 is 5.60 Å². The summed E-state index contributed by atoms with van der Waals surface area (Å²) in [6.45, 7) is 0.746. The fourth-order valence-electron chi connectivity index (χ4n) is 3.32. The number of rotatable bonds is 2. The number of hydrogen-bond donors (Lipinski definition) is 2. The van der Waals surface area contributed by atoms with Gasteiger partial charge in [-0.1, -0.05) is 0 Å². The van der Waals surface area contributed by atoms with Gasteiger partial charge < -0.3 is 15.2 Å². The highest BCUT2D eigenvalue weighted by Crippen LogP contribution is 2.39. The molecule has 4 heteroatoms. The van der Waals surface area contributed by atoms with E-state index in [1.807, 2.05) is 0 Å². The van der Waals surface area contributed by atoms with Crippen molar-refractivity contribution in [2.75, 3.05) is 11.9 Å². The van der Waals surface area contributed by atoms with E-state index in [1.54, 1.807) is 12.1 Å². The van der Waals surface area contributed by atoms with Crippen LogP contribution < -0.4 is 5.32 Å². The van der Waals surface area contributed by atoms with E-state index in [0.717, 1.165) is 44.4 Å². The molecule has 0 aromatic heterocycles. The molecule has 1 aliphatic carbocycles. The van der Waals surface area contributed by atoms with Crippen molar-refractivity contribution in [2.24, 2.45) is 0 Å². The average Bonchev–Trinajstić information content (AvgIpc) is 2.42. The van der Waals surface area contributed by atoms with Crippen LogP contribution in [0.5, 0.6) is 0 Å². The van der Waals surface area contributed by atoms with Crippen molar-refractivity contribution in [3.8, 4) is 0 Å². The Morgan fingerprint density at radius 1 is 1.21 bits per heavy atom. The summed E-state index contributed by atoms with van der Waals surface area (Å²) in [6, 6.07) is 6.28. The van der Waals surface area contributed by atoms with Gasteiger partial charge >= 0.3 is 0 Å². The third-order valence-corrected chi connectivity index (χ3v) is 4.35. The molecule has 3 atom stereocenters. The topological polar surface area (TPSA) is 41.5 Å². The SMILES string of the molecule is O[C@]12CCCO[C@H]1CCC[C@H]2Nc1ccc(F)cc1. The summed E-state index contributed by atoms with van der Waals surface area (Å²) in [7, 11) is 0. The Kier molecular flexibility index (Phi) is 3.46. The molecule has 3 nitrogen and oxygen atoms in total. The molecule has 1 aromatic rings. The minimum absolute atomic E-state index is 0.0167. The molecule has 1 aliphatic heterocycles. The van der Waals surface area contributed by atoms with E-state index >= 15 is 0 Å². The average molecular weight is 265 g/mol. The van der Waals surface area contributed by atoms with Crippen LogP contribution in [0.2, 0.25) is 0 Å². The minimum Gasteiger partial charge on any atom is -0.385 e. The van der Waals surface area contributed by atoms with Gasteiger partial charge in [0.05, 0.1) is 12.1 Å². The molecule has 104 valence electrons. The molecule has 0 unspecified atom stereocenters. The van der Waals surface area contributed by atoms with Gasteiger partial charge in [-0.25, -0.2) is 4.39 Å².